The Hall–Kier alpha value is -2.88. The Morgan fingerprint density at radius 2 is 2.03 bits per heavy atom. The second kappa shape index (κ2) is 8.16. The second-order valence-electron chi connectivity index (χ2n) is 8.94. The van der Waals surface area contributed by atoms with E-state index in [0.29, 0.717) is 10.8 Å². The highest BCUT2D eigenvalue weighted by Crippen LogP contribution is 2.40. The van der Waals surface area contributed by atoms with E-state index in [1.165, 1.54) is 11.3 Å². The minimum Gasteiger partial charge on any atom is -0.379 e. The third kappa shape index (κ3) is 4.01. The molecule has 0 unspecified atom stereocenters. The van der Waals surface area contributed by atoms with E-state index in [4.69, 9.17) is 19.7 Å². The molecular formula is C24H26N6O2S. The molecule has 1 aliphatic heterocycles. The van der Waals surface area contributed by atoms with Crippen molar-refractivity contribution in [2.24, 2.45) is 0 Å². The van der Waals surface area contributed by atoms with E-state index in [-0.39, 0.29) is 5.91 Å². The van der Waals surface area contributed by atoms with Crippen LogP contribution >= 0.6 is 11.3 Å². The Balaban J connectivity index is 1.23. The Bertz CT molecular complexity index is 1370. The fourth-order valence-electron chi connectivity index (χ4n) is 4.47. The highest BCUT2D eigenvalue weighted by Gasteiger charge is 2.28. The number of rotatable bonds is 5. The number of thiophene rings is 1. The van der Waals surface area contributed by atoms with Crippen LogP contribution in [0.2, 0.25) is 0 Å². The van der Waals surface area contributed by atoms with Crippen molar-refractivity contribution in [1.82, 2.24) is 24.8 Å². The van der Waals surface area contributed by atoms with Gasteiger partial charge in [-0.3, -0.25) is 9.69 Å². The van der Waals surface area contributed by atoms with Crippen molar-refractivity contribution in [3.63, 3.8) is 0 Å². The number of carbonyl (C=O) groups is 1. The molecule has 8 nitrogen and oxygen atoms in total. The topological polar surface area (TPSA) is 96.0 Å². The lowest BCUT2D eigenvalue weighted by molar-refractivity contribution is 0.0332. The van der Waals surface area contributed by atoms with Gasteiger partial charge in [0.25, 0.3) is 5.91 Å². The van der Waals surface area contributed by atoms with Crippen LogP contribution in [-0.4, -0.2) is 57.0 Å². The highest BCUT2D eigenvalue weighted by atomic mass is 32.1. The zero-order chi connectivity index (χ0) is 22.5. The maximum Gasteiger partial charge on any atom is 0.266 e. The van der Waals surface area contributed by atoms with Gasteiger partial charge in [0.05, 0.1) is 41.4 Å². The van der Waals surface area contributed by atoms with Crippen LogP contribution in [0.5, 0.6) is 0 Å². The Morgan fingerprint density at radius 3 is 2.82 bits per heavy atom. The molecule has 3 aromatic heterocycles. The van der Waals surface area contributed by atoms with Crippen LogP contribution in [0.1, 0.15) is 51.3 Å². The van der Waals surface area contributed by atoms with Crippen molar-refractivity contribution >= 4 is 44.2 Å². The lowest BCUT2D eigenvalue weighted by Crippen LogP contribution is -2.35. The fraction of sp³-hybridized carbons (Fsp3) is 0.417. The number of anilines is 1. The molecule has 2 aliphatic rings. The SMILES string of the molecule is Cc1nc(C2CC2)nc2sc(C(=O)Nc3ccc4nc(CN5CCOCC5)[nH]c4c3)c(C)c12. The first-order valence-electron chi connectivity index (χ1n) is 11.4. The molecule has 0 radical (unpaired) electrons. The number of hydrogen-bond donors (Lipinski definition) is 2. The van der Waals surface area contributed by atoms with Crippen molar-refractivity contribution in [1.29, 1.82) is 0 Å². The molecule has 170 valence electrons. The van der Waals surface area contributed by atoms with Gasteiger partial charge in [0.15, 0.2) is 0 Å². The zero-order valence-corrected chi connectivity index (χ0v) is 19.6. The van der Waals surface area contributed by atoms with Crippen LogP contribution in [0.3, 0.4) is 0 Å². The number of aromatic nitrogens is 4. The van der Waals surface area contributed by atoms with Crippen molar-refractivity contribution in [2.45, 2.75) is 39.2 Å². The van der Waals surface area contributed by atoms with Crippen LogP contribution in [0.15, 0.2) is 18.2 Å². The number of morpholine rings is 1. The smallest absolute Gasteiger partial charge is 0.266 e. The summed E-state index contributed by atoms with van der Waals surface area (Å²) in [6, 6.07) is 5.79. The quantitative estimate of drug-likeness (QED) is 0.463. The molecule has 1 saturated carbocycles. The number of ether oxygens (including phenoxy) is 1. The molecule has 2 N–H and O–H groups in total. The number of nitrogens with one attached hydrogen (secondary N) is 2. The molecule has 6 rings (SSSR count). The molecule has 0 atom stereocenters. The first-order valence-corrected chi connectivity index (χ1v) is 12.2. The van der Waals surface area contributed by atoms with Crippen molar-refractivity contribution < 1.29 is 9.53 Å². The largest absolute Gasteiger partial charge is 0.379 e. The number of fused-ring (bicyclic) bond motifs is 2. The van der Waals surface area contributed by atoms with Gasteiger partial charge in [-0.05, 0) is 50.5 Å². The number of benzene rings is 1. The molecule has 9 heteroatoms. The van der Waals surface area contributed by atoms with Crippen molar-refractivity contribution in [3.05, 3.63) is 46.0 Å². The molecule has 1 amide bonds. The number of carbonyl (C=O) groups excluding carboxylic acids is 1. The Morgan fingerprint density at radius 1 is 1.21 bits per heavy atom. The first kappa shape index (κ1) is 20.7. The van der Waals surface area contributed by atoms with E-state index >= 15 is 0 Å². The lowest BCUT2D eigenvalue weighted by Gasteiger charge is -2.25. The number of hydrogen-bond acceptors (Lipinski definition) is 7. The van der Waals surface area contributed by atoms with Gasteiger partial charge >= 0.3 is 0 Å². The molecule has 1 aliphatic carbocycles. The lowest BCUT2D eigenvalue weighted by atomic mass is 10.1. The van der Waals surface area contributed by atoms with E-state index in [1.807, 2.05) is 32.0 Å². The number of aromatic amines is 1. The number of amides is 1. The summed E-state index contributed by atoms with van der Waals surface area (Å²) in [6.45, 7) is 8.12. The van der Waals surface area contributed by atoms with E-state index in [9.17, 15) is 4.79 Å². The van der Waals surface area contributed by atoms with Gasteiger partial charge in [0.1, 0.15) is 16.5 Å². The Labute approximate surface area is 195 Å². The summed E-state index contributed by atoms with van der Waals surface area (Å²) >= 11 is 1.45. The number of imidazole rings is 1. The summed E-state index contributed by atoms with van der Waals surface area (Å²) in [6.07, 6.45) is 2.32. The maximum absolute atomic E-state index is 13.2. The first-order chi connectivity index (χ1) is 16.0. The summed E-state index contributed by atoms with van der Waals surface area (Å²) < 4.78 is 5.42. The van der Waals surface area contributed by atoms with Gasteiger partial charge in [-0.25, -0.2) is 15.0 Å². The van der Waals surface area contributed by atoms with Crippen LogP contribution in [0, 0.1) is 13.8 Å². The van der Waals surface area contributed by atoms with E-state index < -0.39 is 0 Å². The highest BCUT2D eigenvalue weighted by molar-refractivity contribution is 7.20. The molecule has 1 aromatic carbocycles. The van der Waals surface area contributed by atoms with Crippen LogP contribution in [0.25, 0.3) is 21.3 Å². The molecule has 4 heterocycles. The summed E-state index contributed by atoms with van der Waals surface area (Å²) in [5, 5.41) is 4.07. The predicted molar refractivity (Wildman–Crippen MR) is 129 cm³/mol. The summed E-state index contributed by atoms with van der Waals surface area (Å²) in [5.41, 5.74) is 4.46. The average Bonchev–Trinajstić information content (AvgIpc) is 3.49. The van der Waals surface area contributed by atoms with Gasteiger partial charge in [0.2, 0.25) is 0 Å². The number of H-pyrrole nitrogens is 1. The van der Waals surface area contributed by atoms with Crippen molar-refractivity contribution in [2.75, 3.05) is 31.6 Å². The molecular weight excluding hydrogens is 436 g/mol. The Kier molecular flexibility index (Phi) is 5.12. The predicted octanol–water partition coefficient (Wildman–Crippen LogP) is 4.15. The minimum atomic E-state index is -0.115. The van der Waals surface area contributed by atoms with Gasteiger partial charge < -0.3 is 15.0 Å². The molecule has 0 bridgehead atoms. The van der Waals surface area contributed by atoms with Gasteiger partial charge in [0, 0.05) is 30.1 Å². The van der Waals surface area contributed by atoms with Crippen LogP contribution in [-0.2, 0) is 11.3 Å². The molecule has 4 aromatic rings. The third-order valence-corrected chi connectivity index (χ3v) is 7.59. The number of nitrogens with zero attached hydrogens (tertiary/aromatic N) is 4. The normalized spacial score (nSPS) is 17.2. The summed E-state index contributed by atoms with van der Waals surface area (Å²) in [5.74, 6) is 2.22. The molecule has 0 spiro atoms. The second-order valence-corrected chi connectivity index (χ2v) is 9.93. The van der Waals surface area contributed by atoms with Gasteiger partial charge in [-0.15, -0.1) is 11.3 Å². The monoisotopic (exact) mass is 462 g/mol. The summed E-state index contributed by atoms with van der Waals surface area (Å²) in [7, 11) is 0. The molecule has 33 heavy (non-hydrogen) atoms. The standard InChI is InChI=1S/C24H26N6O2S/c1-13-20-14(2)25-22(15-3-4-15)29-24(20)33-21(13)23(31)26-16-5-6-17-18(11-16)28-19(27-17)12-30-7-9-32-10-8-30/h5-6,11,15H,3-4,7-10,12H2,1-2H3,(H,26,31)(H,27,28). The van der Waals surface area contributed by atoms with E-state index in [0.717, 1.165) is 95.5 Å². The van der Waals surface area contributed by atoms with Crippen LogP contribution in [0.4, 0.5) is 5.69 Å². The maximum atomic E-state index is 13.2. The number of aryl methyl sites for hydroxylation is 2. The van der Waals surface area contributed by atoms with Crippen molar-refractivity contribution in [3.8, 4) is 0 Å². The van der Waals surface area contributed by atoms with Gasteiger partial charge in [-0.2, -0.15) is 0 Å². The van der Waals surface area contributed by atoms with E-state index in [2.05, 4.69) is 15.2 Å². The van der Waals surface area contributed by atoms with E-state index in [1.54, 1.807) is 0 Å². The third-order valence-electron chi connectivity index (χ3n) is 6.40. The molecule has 1 saturated heterocycles. The summed E-state index contributed by atoms with van der Waals surface area (Å²) in [4.78, 5) is 34.6. The average molecular weight is 463 g/mol. The van der Waals surface area contributed by atoms with Gasteiger partial charge in [-0.1, -0.05) is 0 Å². The zero-order valence-electron chi connectivity index (χ0n) is 18.8. The minimum absolute atomic E-state index is 0.115. The fourth-order valence-corrected chi connectivity index (χ4v) is 5.61. The van der Waals surface area contributed by atoms with Crippen LogP contribution < -0.4 is 5.32 Å². The molecule has 2 fully saturated rings.